The molecule has 0 saturated carbocycles. The van der Waals surface area contributed by atoms with E-state index in [-0.39, 0.29) is 11.0 Å². The van der Waals surface area contributed by atoms with Crippen molar-refractivity contribution in [2.75, 3.05) is 13.6 Å². The van der Waals surface area contributed by atoms with Gasteiger partial charge in [0.2, 0.25) is 0 Å². The molecule has 2 heterocycles. The largest absolute Gasteiger partial charge is 0.350 e. The Labute approximate surface area is 139 Å². The molecule has 1 aliphatic rings. The molecule has 124 valence electrons. The molecule has 0 atom stereocenters. The van der Waals surface area contributed by atoms with E-state index in [1.165, 1.54) is 0 Å². The number of hydrogen-bond donors (Lipinski definition) is 1. The Kier molecular flexibility index (Phi) is 4.33. The minimum Gasteiger partial charge on any atom is -0.350 e. The van der Waals surface area contributed by atoms with Gasteiger partial charge in [0.25, 0.3) is 0 Å². The standard InChI is InChI=1S/C17H30N4S/c1-15(2,3)12-10-22-13(20-12)9-19-14(18-8)21-11-16(4,5)17(21,6)7/h10H,9,11H2,1-8H3,(H,18,19). The summed E-state index contributed by atoms with van der Waals surface area (Å²) < 4.78 is 0. The average molecular weight is 323 g/mol. The van der Waals surface area contributed by atoms with Gasteiger partial charge in [-0.2, -0.15) is 0 Å². The van der Waals surface area contributed by atoms with Crippen LogP contribution < -0.4 is 5.32 Å². The number of rotatable bonds is 2. The minimum atomic E-state index is 0.111. The summed E-state index contributed by atoms with van der Waals surface area (Å²) in [5, 5.41) is 6.75. The number of aromatic nitrogens is 1. The fourth-order valence-electron chi connectivity index (χ4n) is 2.59. The molecule has 0 aromatic carbocycles. The molecule has 5 heteroatoms. The number of guanidine groups is 1. The van der Waals surface area contributed by atoms with Crippen molar-refractivity contribution in [3.63, 3.8) is 0 Å². The van der Waals surface area contributed by atoms with E-state index in [2.05, 4.69) is 69.1 Å². The Morgan fingerprint density at radius 1 is 1.36 bits per heavy atom. The predicted octanol–water partition coefficient (Wildman–Crippen LogP) is 3.64. The zero-order valence-corrected chi connectivity index (χ0v) is 16.1. The lowest BCUT2D eigenvalue weighted by molar-refractivity contribution is -0.0667. The van der Waals surface area contributed by atoms with Crippen molar-refractivity contribution >= 4 is 17.3 Å². The molecule has 0 aliphatic carbocycles. The van der Waals surface area contributed by atoms with Crippen molar-refractivity contribution in [3.05, 3.63) is 16.1 Å². The van der Waals surface area contributed by atoms with Crippen LogP contribution in [0.3, 0.4) is 0 Å². The first-order chi connectivity index (χ1) is 9.99. The lowest BCUT2D eigenvalue weighted by atomic mass is 9.65. The predicted molar refractivity (Wildman–Crippen MR) is 95.6 cm³/mol. The third-order valence-corrected chi connectivity index (χ3v) is 5.92. The van der Waals surface area contributed by atoms with E-state index in [1.807, 2.05) is 7.05 Å². The molecule has 4 nitrogen and oxygen atoms in total. The van der Waals surface area contributed by atoms with E-state index >= 15 is 0 Å². The van der Waals surface area contributed by atoms with Gasteiger partial charge in [0, 0.05) is 35.3 Å². The van der Waals surface area contributed by atoms with Crippen LogP contribution in [0.2, 0.25) is 0 Å². The Morgan fingerprint density at radius 3 is 2.41 bits per heavy atom. The van der Waals surface area contributed by atoms with Crippen LogP contribution in [0, 0.1) is 5.41 Å². The molecule has 1 saturated heterocycles. The number of thiazole rings is 1. The van der Waals surface area contributed by atoms with Gasteiger partial charge in [0.1, 0.15) is 5.01 Å². The van der Waals surface area contributed by atoms with Gasteiger partial charge < -0.3 is 10.2 Å². The van der Waals surface area contributed by atoms with Crippen molar-refractivity contribution in [2.45, 2.75) is 66.0 Å². The molecule has 0 bridgehead atoms. The number of hydrogen-bond acceptors (Lipinski definition) is 3. The monoisotopic (exact) mass is 322 g/mol. The summed E-state index contributed by atoms with van der Waals surface area (Å²) in [6, 6.07) is 0. The molecule has 2 rings (SSSR count). The second-order valence-corrected chi connectivity index (χ2v) is 9.25. The normalized spacial score (nSPS) is 20.7. The van der Waals surface area contributed by atoms with Gasteiger partial charge in [-0.25, -0.2) is 4.98 Å². The Balaban J connectivity index is 2.00. The van der Waals surface area contributed by atoms with E-state index in [0.717, 1.165) is 29.8 Å². The molecule has 1 aromatic rings. The molecular formula is C17H30N4S. The summed E-state index contributed by atoms with van der Waals surface area (Å²) in [5.74, 6) is 0.969. The second kappa shape index (κ2) is 5.52. The van der Waals surface area contributed by atoms with Gasteiger partial charge in [-0.1, -0.05) is 34.6 Å². The molecule has 1 fully saturated rings. The number of aliphatic imine (C=N–C) groups is 1. The van der Waals surface area contributed by atoms with E-state index in [1.54, 1.807) is 11.3 Å². The first-order valence-corrected chi connectivity index (χ1v) is 8.80. The van der Waals surface area contributed by atoms with Crippen LogP contribution in [-0.2, 0) is 12.0 Å². The summed E-state index contributed by atoms with van der Waals surface area (Å²) in [4.78, 5) is 11.5. The number of nitrogens with one attached hydrogen (secondary N) is 1. The van der Waals surface area contributed by atoms with Gasteiger partial charge in [-0.3, -0.25) is 4.99 Å². The smallest absolute Gasteiger partial charge is 0.194 e. The topological polar surface area (TPSA) is 40.5 Å². The maximum atomic E-state index is 4.74. The van der Waals surface area contributed by atoms with Gasteiger partial charge in [0.05, 0.1) is 12.2 Å². The summed E-state index contributed by atoms with van der Waals surface area (Å²) in [7, 11) is 1.85. The van der Waals surface area contributed by atoms with Crippen LogP contribution in [0.15, 0.2) is 10.4 Å². The van der Waals surface area contributed by atoms with Gasteiger partial charge in [-0.05, 0) is 13.8 Å². The van der Waals surface area contributed by atoms with Crippen LogP contribution in [0.1, 0.15) is 59.2 Å². The molecule has 0 radical (unpaired) electrons. The summed E-state index contributed by atoms with van der Waals surface area (Å²) in [6.45, 7) is 17.6. The third-order valence-electron chi connectivity index (χ3n) is 5.07. The number of nitrogens with zero attached hydrogens (tertiary/aromatic N) is 3. The van der Waals surface area contributed by atoms with Crippen molar-refractivity contribution < 1.29 is 0 Å². The van der Waals surface area contributed by atoms with E-state index < -0.39 is 0 Å². The molecule has 0 spiro atoms. The minimum absolute atomic E-state index is 0.111. The fraction of sp³-hybridized carbons (Fsp3) is 0.765. The van der Waals surface area contributed by atoms with Crippen LogP contribution in [0.5, 0.6) is 0 Å². The summed E-state index contributed by atoms with van der Waals surface area (Å²) in [5.41, 5.74) is 1.70. The SMILES string of the molecule is CN=C(NCc1nc(C(C)(C)C)cs1)N1CC(C)(C)C1(C)C. The Hall–Kier alpha value is -1.10. The molecule has 1 aliphatic heterocycles. The van der Waals surface area contributed by atoms with Crippen LogP contribution in [0.4, 0.5) is 0 Å². The first kappa shape index (κ1) is 17.3. The summed E-state index contributed by atoms with van der Waals surface area (Å²) >= 11 is 1.72. The van der Waals surface area contributed by atoms with E-state index in [4.69, 9.17) is 4.98 Å². The third kappa shape index (κ3) is 3.00. The molecule has 0 amide bonds. The van der Waals surface area contributed by atoms with Gasteiger partial charge in [0.15, 0.2) is 5.96 Å². The number of likely N-dealkylation sites (tertiary alicyclic amines) is 1. The van der Waals surface area contributed by atoms with Crippen LogP contribution >= 0.6 is 11.3 Å². The fourth-order valence-corrected chi connectivity index (χ4v) is 3.55. The zero-order valence-electron chi connectivity index (χ0n) is 15.2. The lowest BCUT2D eigenvalue weighted by Gasteiger charge is -2.62. The van der Waals surface area contributed by atoms with Crippen molar-refractivity contribution in [2.24, 2.45) is 10.4 Å². The van der Waals surface area contributed by atoms with Crippen molar-refractivity contribution in [1.82, 2.24) is 15.2 Å². The maximum absolute atomic E-state index is 4.74. The highest BCUT2D eigenvalue weighted by molar-refractivity contribution is 7.09. The highest BCUT2D eigenvalue weighted by Gasteiger charge is 2.53. The van der Waals surface area contributed by atoms with Crippen molar-refractivity contribution in [3.8, 4) is 0 Å². The first-order valence-electron chi connectivity index (χ1n) is 7.92. The zero-order chi connectivity index (χ0) is 16.8. The highest BCUT2D eigenvalue weighted by Crippen LogP contribution is 2.46. The molecular weight excluding hydrogens is 292 g/mol. The van der Waals surface area contributed by atoms with Crippen molar-refractivity contribution in [1.29, 1.82) is 0 Å². The quantitative estimate of drug-likeness (QED) is 0.667. The Morgan fingerprint density at radius 2 is 2.00 bits per heavy atom. The van der Waals surface area contributed by atoms with E-state index in [9.17, 15) is 0 Å². The molecule has 0 unspecified atom stereocenters. The lowest BCUT2D eigenvalue weighted by Crippen LogP contribution is -2.72. The molecule has 22 heavy (non-hydrogen) atoms. The Bertz CT molecular complexity index is 563. The average Bonchev–Trinajstić information content (AvgIpc) is 2.87. The highest BCUT2D eigenvalue weighted by atomic mass is 32.1. The van der Waals surface area contributed by atoms with Crippen LogP contribution in [0.25, 0.3) is 0 Å². The van der Waals surface area contributed by atoms with Gasteiger partial charge in [-0.15, -0.1) is 11.3 Å². The van der Waals surface area contributed by atoms with E-state index in [0.29, 0.717) is 5.41 Å². The van der Waals surface area contributed by atoms with Crippen LogP contribution in [-0.4, -0.2) is 35.0 Å². The maximum Gasteiger partial charge on any atom is 0.194 e. The second-order valence-electron chi connectivity index (χ2n) is 8.31. The van der Waals surface area contributed by atoms with Gasteiger partial charge >= 0.3 is 0 Å². The molecule has 1 N–H and O–H groups in total. The summed E-state index contributed by atoms with van der Waals surface area (Å²) in [6.07, 6.45) is 0. The molecule has 1 aromatic heterocycles.